The number of nitrogens with two attached hydrogens (primary N) is 1. The van der Waals surface area contributed by atoms with Crippen LogP contribution >= 0.6 is 24.4 Å². The van der Waals surface area contributed by atoms with Crippen molar-refractivity contribution in [3.63, 3.8) is 0 Å². The molecule has 0 bridgehead atoms. The summed E-state index contributed by atoms with van der Waals surface area (Å²) < 4.78 is 1.92. The van der Waals surface area contributed by atoms with Crippen LogP contribution in [0.25, 0.3) is 10.8 Å². The van der Waals surface area contributed by atoms with Crippen molar-refractivity contribution in [2.45, 2.75) is 0 Å². The van der Waals surface area contributed by atoms with Crippen molar-refractivity contribution < 1.29 is 0 Å². The molecule has 1 aromatic carbocycles. The van der Waals surface area contributed by atoms with Crippen molar-refractivity contribution in [3.05, 3.63) is 36.7 Å². The van der Waals surface area contributed by atoms with Crippen LogP contribution in [0.4, 0.5) is 5.69 Å². The molecule has 1 heterocycles. The molecule has 0 aliphatic carbocycles. The number of nitrogen functional groups attached to an aromatic ring is 1. The molecule has 1 aromatic heterocycles. The molecule has 0 unspecified atom stereocenters. The Labute approximate surface area is 92.8 Å². The number of benzene rings is 1. The van der Waals surface area contributed by atoms with E-state index in [-0.39, 0.29) is 0 Å². The van der Waals surface area contributed by atoms with Gasteiger partial charge in [0.15, 0.2) is 0 Å². The highest BCUT2D eigenvalue weighted by Crippen LogP contribution is 2.18. The van der Waals surface area contributed by atoms with Gasteiger partial charge in [0.2, 0.25) is 0 Å². The van der Waals surface area contributed by atoms with Crippen molar-refractivity contribution in [1.82, 2.24) is 4.98 Å². The monoisotopic (exact) mass is 220 g/mol. The summed E-state index contributed by atoms with van der Waals surface area (Å²) in [7, 11) is 0. The van der Waals surface area contributed by atoms with Gasteiger partial charge in [0, 0.05) is 33.2 Å². The minimum Gasteiger partial charge on any atom is -0.398 e. The Kier molecular flexibility index (Phi) is 4.13. The highest BCUT2D eigenvalue weighted by molar-refractivity contribution is 7.93. The summed E-state index contributed by atoms with van der Waals surface area (Å²) in [4.78, 5) is 4.00. The highest BCUT2D eigenvalue weighted by Gasteiger charge is 1.93. The van der Waals surface area contributed by atoms with Gasteiger partial charge >= 0.3 is 0 Å². The van der Waals surface area contributed by atoms with Crippen LogP contribution in [0.5, 0.6) is 0 Å². The largest absolute Gasteiger partial charge is 0.398 e. The zero-order valence-corrected chi connectivity index (χ0v) is 8.94. The average molecular weight is 220 g/mol. The first kappa shape index (κ1) is 10.7. The second-order valence-electron chi connectivity index (χ2n) is 2.53. The maximum atomic E-state index is 5.73. The number of aromatic nitrogens is 1. The molecular formula is C10H8N2S2. The summed E-state index contributed by atoms with van der Waals surface area (Å²) >= 11 is 7.92. The third-order valence-corrected chi connectivity index (χ3v) is 1.71. The van der Waals surface area contributed by atoms with Gasteiger partial charge in [-0.1, -0.05) is 12.1 Å². The fourth-order valence-electron chi connectivity index (χ4n) is 1.15. The SMILES string of the molecule is Nc1cccc2cnccc12.S=C=S. The fourth-order valence-corrected chi connectivity index (χ4v) is 1.15. The molecule has 0 amide bonds. The second-order valence-corrected chi connectivity index (χ2v) is 3.19. The number of fused-ring (bicyclic) bond motifs is 1. The maximum absolute atomic E-state index is 5.73. The lowest BCUT2D eigenvalue weighted by Gasteiger charge is -1.98. The zero-order chi connectivity index (χ0) is 10.4. The van der Waals surface area contributed by atoms with E-state index in [1.54, 1.807) is 6.20 Å². The quantitative estimate of drug-likeness (QED) is 0.547. The molecule has 0 radical (unpaired) electrons. The van der Waals surface area contributed by atoms with Crippen molar-refractivity contribution in [1.29, 1.82) is 0 Å². The molecule has 14 heavy (non-hydrogen) atoms. The van der Waals surface area contributed by atoms with Gasteiger partial charge in [0.1, 0.15) is 0 Å². The molecule has 2 rings (SSSR count). The summed E-state index contributed by atoms with van der Waals surface area (Å²) in [6, 6.07) is 7.74. The van der Waals surface area contributed by atoms with E-state index in [2.05, 4.69) is 29.4 Å². The van der Waals surface area contributed by atoms with Crippen molar-refractivity contribution in [3.8, 4) is 0 Å². The van der Waals surface area contributed by atoms with Crippen LogP contribution in [0.3, 0.4) is 0 Å². The molecule has 4 heteroatoms. The molecule has 2 N–H and O–H groups in total. The van der Waals surface area contributed by atoms with E-state index < -0.39 is 0 Å². The summed E-state index contributed by atoms with van der Waals surface area (Å²) in [6.45, 7) is 0. The molecule has 0 aliphatic heterocycles. The molecule has 2 aromatic rings. The van der Waals surface area contributed by atoms with Crippen LogP contribution in [0.2, 0.25) is 0 Å². The topological polar surface area (TPSA) is 38.9 Å². The van der Waals surface area contributed by atoms with E-state index in [0.717, 1.165) is 16.5 Å². The Morgan fingerprint density at radius 3 is 2.57 bits per heavy atom. The molecule has 0 saturated carbocycles. The third-order valence-electron chi connectivity index (χ3n) is 1.71. The van der Waals surface area contributed by atoms with Crippen LogP contribution < -0.4 is 5.73 Å². The van der Waals surface area contributed by atoms with E-state index in [9.17, 15) is 0 Å². The minimum absolute atomic E-state index is 0.810. The lowest BCUT2D eigenvalue weighted by atomic mass is 10.1. The van der Waals surface area contributed by atoms with Crippen LogP contribution in [-0.4, -0.2) is 9.30 Å². The number of hydrogen-bond acceptors (Lipinski definition) is 4. The summed E-state index contributed by atoms with van der Waals surface area (Å²) in [5.41, 5.74) is 6.54. The Morgan fingerprint density at radius 2 is 1.93 bits per heavy atom. The zero-order valence-electron chi connectivity index (χ0n) is 7.31. The van der Waals surface area contributed by atoms with E-state index in [1.165, 1.54) is 0 Å². The van der Waals surface area contributed by atoms with Crippen molar-refractivity contribution in [2.75, 3.05) is 5.73 Å². The molecule has 70 valence electrons. The highest BCUT2D eigenvalue weighted by atomic mass is 32.1. The molecule has 0 spiro atoms. The average Bonchev–Trinajstić information content (AvgIpc) is 2.20. The summed E-state index contributed by atoms with van der Waals surface area (Å²) in [6.07, 6.45) is 3.56. The van der Waals surface area contributed by atoms with Crippen molar-refractivity contribution in [2.24, 2.45) is 0 Å². The van der Waals surface area contributed by atoms with Gasteiger partial charge in [0.25, 0.3) is 0 Å². The van der Waals surface area contributed by atoms with Gasteiger partial charge in [-0.2, -0.15) is 0 Å². The van der Waals surface area contributed by atoms with E-state index >= 15 is 0 Å². The first-order valence-corrected chi connectivity index (χ1v) is 4.68. The molecular weight excluding hydrogens is 212 g/mol. The number of thiocarbonyl (C=S) groups is 2. The fraction of sp³-hybridized carbons (Fsp3) is 0. The number of nitrogens with zero attached hydrogens (tertiary/aromatic N) is 1. The van der Waals surface area contributed by atoms with Gasteiger partial charge in [-0.05, 0) is 36.6 Å². The van der Waals surface area contributed by atoms with Crippen LogP contribution in [-0.2, 0) is 0 Å². The second kappa shape index (κ2) is 5.40. The number of anilines is 1. The van der Waals surface area contributed by atoms with E-state index in [1.807, 2.05) is 34.8 Å². The lowest BCUT2D eigenvalue weighted by molar-refractivity contribution is 1.36. The summed E-state index contributed by atoms with van der Waals surface area (Å²) in [5.74, 6) is 0. The maximum Gasteiger partial charge on any atom is 0.0394 e. The van der Waals surface area contributed by atoms with Crippen LogP contribution in [0.1, 0.15) is 0 Å². The van der Waals surface area contributed by atoms with Gasteiger partial charge in [-0.3, -0.25) is 4.98 Å². The Hall–Kier alpha value is -1.35. The molecule has 0 aliphatic rings. The Bertz CT molecular complexity index is 457. The summed E-state index contributed by atoms with van der Waals surface area (Å²) in [5, 5.41) is 2.16. The molecule has 0 fully saturated rings. The molecule has 0 atom stereocenters. The predicted molar refractivity (Wildman–Crippen MR) is 66.3 cm³/mol. The van der Waals surface area contributed by atoms with Gasteiger partial charge < -0.3 is 5.73 Å². The first-order chi connectivity index (χ1) is 6.79. The third kappa shape index (κ3) is 2.57. The van der Waals surface area contributed by atoms with Gasteiger partial charge in [-0.15, -0.1) is 0 Å². The number of pyridine rings is 1. The predicted octanol–water partition coefficient (Wildman–Crippen LogP) is 2.84. The molecule has 0 saturated heterocycles. The Morgan fingerprint density at radius 1 is 1.21 bits per heavy atom. The van der Waals surface area contributed by atoms with E-state index in [0.29, 0.717) is 0 Å². The minimum atomic E-state index is 0.810. The van der Waals surface area contributed by atoms with E-state index in [4.69, 9.17) is 5.73 Å². The van der Waals surface area contributed by atoms with Crippen LogP contribution in [0.15, 0.2) is 36.7 Å². The normalized spacial score (nSPS) is 8.57. The Balaban J connectivity index is 0.000000293. The molecule has 2 nitrogen and oxygen atoms in total. The first-order valence-electron chi connectivity index (χ1n) is 3.87. The standard InChI is InChI=1S/C9H8N2.CS2/c10-9-3-1-2-7-6-11-5-4-8(7)9;2-1-3/h1-6H,10H2;. The number of hydrogen-bond donors (Lipinski definition) is 1. The smallest absolute Gasteiger partial charge is 0.0394 e. The van der Waals surface area contributed by atoms with Crippen LogP contribution in [0, 0.1) is 0 Å². The number of rotatable bonds is 0. The van der Waals surface area contributed by atoms with Crippen molar-refractivity contribution >= 4 is 45.2 Å². The lowest BCUT2D eigenvalue weighted by Crippen LogP contribution is -1.85. The van der Waals surface area contributed by atoms with Gasteiger partial charge in [0.05, 0.1) is 0 Å². The van der Waals surface area contributed by atoms with Gasteiger partial charge in [-0.25, -0.2) is 0 Å².